The van der Waals surface area contributed by atoms with Crippen LogP contribution in [-0.2, 0) is 14.9 Å². The summed E-state index contributed by atoms with van der Waals surface area (Å²) in [6.07, 6.45) is 7.77. The molecule has 0 spiro atoms. The van der Waals surface area contributed by atoms with E-state index in [9.17, 15) is 8.42 Å². The van der Waals surface area contributed by atoms with Crippen molar-refractivity contribution in [3.8, 4) is 0 Å². The summed E-state index contributed by atoms with van der Waals surface area (Å²) in [6, 6.07) is 9.36. The third-order valence-electron chi connectivity index (χ3n) is 5.11. The molecule has 1 saturated carbocycles. The first kappa shape index (κ1) is 23.7. The van der Waals surface area contributed by atoms with Crippen LogP contribution in [0.1, 0.15) is 44.1 Å². The predicted molar refractivity (Wildman–Crippen MR) is 114 cm³/mol. The number of nitrogens with zero attached hydrogens (tertiary/aromatic N) is 3. The maximum Gasteiger partial charge on any atom is 0.294 e. The summed E-state index contributed by atoms with van der Waals surface area (Å²) in [4.78, 5) is 10.9. The standard InChI is InChI=1S/C14H25N3O.C7H8O3S/c1-17-9-10-18-14(11-17)7-8-15-12-16-13-5-3-2-4-6-13;1-6-2-4-7(5-3-6)11(8,9)10/h13-14H,2-11H2,1H3;2-5H,1H3,(H,8,9,10). The zero-order valence-corrected chi connectivity index (χ0v) is 18.3. The normalized spacial score (nSPS) is 20.9. The number of hydrogen-bond donors (Lipinski definition) is 1. The molecule has 1 saturated heterocycles. The molecule has 0 amide bonds. The lowest BCUT2D eigenvalue weighted by molar-refractivity contribution is -0.0217. The number of morpholine rings is 1. The van der Waals surface area contributed by atoms with E-state index in [-0.39, 0.29) is 4.90 Å². The van der Waals surface area contributed by atoms with Gasteiger partial charge in [0.05, 0.1) is 36.2 Å². The Balaban J connectivity index is 0.000000234. The molecule has 1 aliphatic heterocycles. The van der Waals surface area contributed by atoms with E-state index in [1.807, 2.05) is 6.92 Å². The highest BCUT2D eigenvalue weighted by Crippen LogP contribution is 2.19. The van der Waals surface area contributed by atoms with Crippen LogP contribution in [0, 0.1) is 6.92 Å². The maximum absolute atomic E-state index is 10.5. The zero-order valence-electron chi connectivity index (χ0n) is 17.5. The van der Waals surface area contributed by atoms with Crippen LogP contribution in [0.4, 0.5) is 0 Å². The monoisotopic (exact) mass is 423 g/mol. The largest absolute Gasteiger partial charge is 0.375 e. The van der Waals surface area contributed by atoms with Crippen molar-refractivity contribution in [1.82, 2.24) is 4.90 Å². The topological polar surface area (TPSA) is 91.6 Å². The second kappa shape index (κ2) is 12.2. The molecule has 0 radical (unpaired) electrons. The lowest BCUT2D eigenvalue weighted by Crippen LogP contribution is -2.40. The van der Waals surface area contributed by atoms with E-state index in [1.54, 1.807) is 12.1 Å². The molecule has 0 aromatic heterocycles. The molecule has 29 heavy (non-hydrogen) atoms. The van der Waals surface area contributed by atoms with Crippen molar-refractivity contribution >= 4 is 16.1 Å². The molecular formula is C21H33N3O4S. The number of aliphatic imine (C=N–C) groups is 2. The van der Waals surface area contributed by atoms with Crippen LogP contribution >= 0.6 is 0 Å². The molecule has 162 valence electrons. The highest BCUT2D eigenvalue weighted by molar-refractivity contribution is 7.85. The molecule has 1 unspecified atom stereocenters. The quantitative estimate of drug-likeness (QED) is 0.578. The number of ether oxygens (including phenoxy) is 1. The fourth-order valence-electron chi connectivity index (χ4n) is 3.34. The molecular weight excluding hydrogens is 390 g/mol. The van der Waals surface area contributed by atoms with Gasteiger partial charge in [-0.2, -0.15) is 8.42 Å². The Morgan fingerprint density at radius 1 is 1.21 bits per heavy atom. The third-order valence-corrected chi connectivity index (χ3v) is 5.98. The third kappa shape index (κ3) is 9.65. The van der Waals surface area contributed by atoms with Crippen molar-refractivity contribution in [2.45, 2.75) is 62.5 Å². The Morgan fingerprint density at radius 2 is 1.90 bits per heavy atom. The van der Waals surface area contributed by atoms with Gasteiger partial charge in [-0.15, -0.1) is 0 Å². The Labute approximate surface area is 174 Å². The van der Waals surface area contributed by atoms with Gasteiger partial charge in [0, 0.05) is 13.1 Å². The Bertz CT molecular complexity index is 768. The summed E-state index contributed by atoms with van der Waals surface area (Å²) >= 11 is 0. The maximum atomic E-state index is 10.5. The van der Waals surface area contributed by atoms with Gasteiger partial charge in [-0.1, -0.05) is 37.0 Å². The number of likely N-dealkylation sites (N-methyl/N-ethyl adjacent to an activating group) is 1. The van der Waals surface area contributed by atoms with Crippen LogP contribution in [0.3, 0.4) is 0 Å². The molecule has 8 heteroatoms. The van der Waals surface area contributed by atoms with Crippen LogP contribution in [0.5, 0.6) is 0 Å². The first-order valence-corrected chi connectivity index (χ1v) is 11.7. The van der Waals surface area contributed by atoms with Gasteiger partial charge in [0.1, 0.15) is 0 Å². The lowest BCUT2D eigenvalue weighted by Gasteiger charge is -2.29. The van der Waals surface area contributed by atoms with Crippen LogP contribution in [0.25, 0.3) is 0 Å². The average Bonchev–Trinajstić information content (AvgIpc) is 2.69. The van der Waals surface area contributed by atoms with Crippen molar-refractivity contribution in [2.75, 3.05) is 33.3 Å². The van der Waals surface area contributed by atoms with Crippen LogP contribution in [-0.4, -0.2) is 69.3 Å². The molecule has 2 fully saturated rings. The highest BCUT2D eigenvalue weighted by Gasteiger charge is 2.16. The molecule has 1 N–H and O–H groups in total. The highest BCUT2D eigenvalue weighted by atomic mass is 32.2. The van der Waals surface area contributed by atoms with Gasteiger partial charge in [-0.05, 0) is 45.4 Å². The van der Waals surface area contributed by atoms with Crippen LogP contribution < -0.4 is 0 Å². The molecule has 1 aromatic carbocycles. The predicted octanol–water partition coefficient (Wildman–Crippen LogP) is 3.46. The molecule has 1 heterocycles. The summed E-state index contributed by atoms with van der Waals surface area (Å²) < 4.78 is 35.2. The average molecular weight is 424 g/mol. The molecule has 2 aliphatic rings. The van der Waals surface area contributed by atoms with E-state index in [0.29, 0.717) is 12.1 Å². The van der Waals surface area contributed by atoms with Gasteiger partial charge in [-0.25, -0.2) is 9.98 Å². The minimum Gasteiger partial charge on any atom is -0.375 e. The molecule has 1 atom stereocenters. The summed E-state index contributed by atoms with van der Waals surface area (Å²) in [5.74, 6) is 0. The van der Waals surface area contributed by atoms with Gasteiger partial charge < -0.3 is 9.64 Å². The zero-order chi connectivity index (χ0) is 21.1. The molecule has 1 aliphatic carbocycles. The number of benzene rings is 1. The number of rotatable bonds is 5. The molecule has 1 aromatic rings. The fraction of sp³-hybridized carbons (Fsp3) is 0.667. The van der Waals surface area contributed by atoms with E-state index in [0.717, 1.165) is 38.2 Å². The van der Waals surface area contributed by atoms with E-state index in [4.69, 9.17) is 9.29 Å². The van der Waals surface area contributed by atoms with Crippen molar-refractivity contribution < 1.29 is 17.7 Å². The summed E-state index contributed by atoms with van der Waals surface area (Å²) in [5, 5.41) is 0. The van der Waals surface area contributed by atoms with E-state index in [2.05, 4.69) is 27.9 Å². The van der Waals surface area contributed by atoms with Crippen LogP contribution in [0.2, 0.25) is 0 Å². The van der Waals surface area contributed by atoms with Gasteiger partial charge in [-0.3, -0.25) is 4.55 Å². The van der Waals surface area contributed by atoms with Crippen molar-refractivity contribution in [3.05, 3.63) is 29.8 Å². The molecule has 3 rings (SSSR count). The number of aryl methyl sites for hydroxylation is 1. The second-order valence-corrected chi connectivity index (χ2v) is 9.16. The van der Waals surface area contributed by atoms with Crippen molar-refractivity contribution in [3.63, 3.8) is 0 Å². The SMILES string of the molecule is CN1CCOC(CCN=C=NC2CCCCC2)C1.Cc1ccc(S(=O)(=O)O)cc1. The van der Waals surface area contributed by atoms with Crippen molar-refractivity contribution in [2.24, 2.45) is 9.98 Å². The van der Waals surface area contributed by atoms with Crippen molar-refractivity contribution in [1.29, 1.82) is 0 Å². The van der Waals surface area contributed by atoms with E-state index < -0.39 is 10.1 Å². The van der Waals surface area contributed by atoms with Gasteiger partial charge in [0.2, 0.25) is 0 Å². The fourth-order valence-corrected chi connectivity index (χ4v) is 3.82. The van der Waals surface area contributed by atoms with E-state index in [1.165, 1.54) is 44.2 Å². The number of hydrogen-bond acceptors (Lipinski definition) is 6. The minimum atomic E-state index is -4.02. The van der Waals surface area contributed by atoms with Gasteiger partial charge in [0.25, 0.3) is 10.1 Å². The summed E-state index contributed by atoms with van der Waals surface area (Å²) in [7, 11) is -1.88. The van der Waals surface area contributed by atoms with Gasteiger partial charge >= 0.3 is 0 Å². The minimum absolute atomic E-state index is 0.0666. The summed E-state index contributed by atoms with van der Waals surface area (Å²) in [5.41, 5.74) is 0.956. The molecule has 0 bridgehead atoms. The Kier molecular flexibility index (Phi) is 9.97. The molecule has 7 nitrogen and oxygen atoms in total. The second-order valence-electron chi connectivity index (χ2n) is 7.73. The summed E-state index contributed by atoms with van der Waals surface area (Å²) in [6.45, 7) is 5.54. The first-order valence-electron chi connectivity index (χ1n) is 10.3. The Hall–Kier alpha value is -1.57. The lowest BCUT2D eigenvalue weighted by atomic mass is 9.96. The smallest absolute Gasteiger partial charge is 0.294 e. The first-order chi connectivity index (χ1) is 13.8. The van der Waals surface area contributed by atoms with E-state index >= 15 is 0 Å². The Morgan fingerprint density at radius 3 is 2.52 bits per heavy atom. The van der Waals surface area contributed by atoms with Crippen LogP contribution in [0.15, 0.2) is 39.1 Å². The van der Waals surface area contributed by atoms with Gasteiger partial charge in [0.15, 0.2) is 0 Å².